The van der Waals surface area contributed by atoms with Gasteiger partial charge in [-0.3, -0.25) is 9.97 Å². The monoisotopic (exact) mass is 300 g/mol. The average molecular weight is 300 g/mol. The molecule has 0 amide bonds. The zero-order chi connectivity index (χ0) is 15.5. The molecule has 7 heteroatoms. The molecule has 3 heterocycles. The van der Waals surface area contributed by atoms with E-state index < -0.39 is 5.97 Å². The van der Waals surface area contributed by atoms with Crippen LogP contribution in [0.4, 0.5) is 5.82 Å². The Balaban J connectivity index is 1.79. The van der Waals surface area contributed by atoms with E-state index in [-0.39, 0.29) is 11.7 Å². The number of aromatic nitrogens is 3. The molecular weight excluding hydrogens is 284 g/mol. The van der Waals surface area contributed by atoms with Gasteiger partial charge in [0, 0.05) is 31.0 Å². The Hall–Kier alpha value is -2.54. The third-order valence-corrected chi connectivity index (χ3v) is 3.71. The van der Waals surface area contributed by atoms with E-state index in [0.717, 1.165) is 31.7 Å². The molecule has 1 fully saturated rings. The van der Waals surface area contributed by atoms with Crippen molar-refractivity contribution in [3.05, 3.63) is 36.4 Å². The molecule has 0 atom stereocenters. The number of nitrogens with zero attached hydrogens (tertiary/aromatic N) is 4. The Labute approximate surface area is 127 Å². The highest BCUT2D eigenvalue weighted by atomic mass is 16.4. The minimum absolute atomic E-state index is 0.119. The number of pyridine rings is 1. The number of aromatic carboxylic acids is 1. The van der Waals surface area contributed by atoms with E-state index in [1.165, 1.54) is 12.3 Å². The SMILES string of the molecule is O=C(O)c1cncc(-c2cnc(N3CCC(O)CC3)cn2)c1. The molecule has 0 unspecified atom stereocenters. The van der Waals surface area contributed by atoms with Gasteiger partial charge in [-0.2, -0.15) is 0 Å². The number of hydrogen-bond donors (Lipinski definition) is 2. The number of aliphatic hydroxyl groups excluding tert-OH is 1. The molecule has 3 rings (SSSR count). The fourth-order valence-electron chi connectivity index (χ4n) is 2.43. The first-order chi connectivity index (χ1) is 10.6. The number of carboxylic acids is 1. The quantitative estimate of drug-likeness (QED) is 0.878. The number of rotatable bonds is 3. The van der Waals surface area contributed by atoms with Gasteiger partial charge in [0.2, 0.25) is 0 Å². The molecule has 0 aliphatic carbocycles. The van der Waals surface area contributed by atoms with Crippen LogP contribution >= 0.6 is 0 Å². The Bertz CT molecular complexity index is 667. The molecule has 0 spiro atoms. The van der Waals surface area contributed by atoms with Gasteiger partial charge in [0.1, 0.15) is 5.82 Å². The lowest BCUT2D eigenvalue weighted by Crippen LogP contribution is -2.36. The molecule has 2 aromatic heterocycles. The van der Waals surface area contributed by atoms with Crippen LogP contribution < -0.4 is 4.90 Å². The minimum atomic E-state index is -1.02. The van der Waals surface area contributed by atoms with E-state index >= 15 is 0 Å². The maximum absolute atomic E-state index is 11.0. The summed E-state index contributed by atoms with van der Waals surface area (Å²) in [5, 5.41) is 18.5. The first kappa shape index (κ1) is 14.4. The first-order valence-corrected chi connectivity index (χ1v) is 7.07. The van der Waals surface area contributed by atoms with Crippen molar-refractivity contribution in [3.63, 3.8) is 0 Å². The van der Waals surface area contributed by atoms with Crippen molar-refractivity contribution in [1.82, 2.24) is 15.0 Å². The van der Waals surface area contributed by atoms with Crippen molar-refractivity contribution in [2.24, 2.45) is 0 Å². The van der Waals surface area contributed by atoms with Crippen LogP contribution in [0.1, 0.15) is 23.2 Å². The zero-order valence-electron chi connectivity index (χ0n) is 11.9. The Morgan fingerprint density at radius 2 is 1.91 bits per heavy atom. The van der Waals surface area contributed by atoms with Crippen LogP contribution in [-0.4, -0.2) is 50.3 Å². The summed E-state index contributed by atoms with van der Waals surface area (Å²) in [6, 6.07) is 1.52. The fourth-order valence-corrected chi connectivity index (χ4v) is 2.43. The molecule has 2 N–H and O–H groups in total. The molecule has 7 nitrogen and oxygen atoms in total. The van der Waals surface area contributed by atoms with Crippen molar-refractivity contribution < 1.29 is 15.0 Å². The molecule has 0 aromatic carbocycles. The molecule has 0 radical (unpaired) electrons. The van der Waals surface area contributed by atoms with Gasteiger partial charge < -0.3 is 15.1 Å². The summed E-state index contributed by atoms with van der Waals surface area (Å²) in [6.45, 7) is 1.51. The summed E-state index contributed by atoms with van der Waals surface area (Å²) in [5.41, 5.74) is 1.32. The third kappa shape index (κ3) is 3.04. The number of anilines is 1. The van der Waals surface area contributed by atoms with E-state index in [0.29, 0.717) is 11.3 Å². The van der Waals surface area contributed by atoms with Crippen LogP contribution in [0.5, 0.6) is 0 Å². The van der Waals surface area contributed by atoms with Crippen molar-refractivity contribution in [2.75, 3.05) is 18.0 Å². The first-order valence-electron chi connectivity index (χ1n) is 7.07. The lowest BCUT2D eigenvalue weighted by Gasteiger charge is -2.30. The summed E-state index contributed by atoms with van der Waals surface area (Å²) in [4.78, 5) is 25.7. The van der Waals surface area contributed by atoms with Crippen LogP contribution in [0.3, 0.4) is 0 Å². The van der Waals surface area contributed by atoms with Gasteiger partial charge >= 0.3 is 5.97 Å². The molecule has 22 heavy (non-hydrogen) atoms. The molecule has 1 aliphatic rings. The van der Waals surface area contributed by atoms with E-state index in [1.54, 1.807) is 18.6 Å². The Morgan fingerprint density at radius 3 is 2.55 bits per heavy atom. The second-order valence-electron chi connectivity index (χ2n) is 5.25. The van der Waals surface area contributed by atoms with E-state index in [1.807, 2.05) is 0 Å². The average Bonchev–Trinajstić information content (AvgIpc) is 2.56. The lowest BCUT2D eigenvalue weighted by molar-refractivity contribution is 0.0696. The highest BCUT2D eigenvalue weighted by Gasteiger charge is 2.18. The molecule has 0 bridgehead atoms. The van der Waals surface area contributed by atoms with Crippen LogP contribution in [-0.2, 0) is 0 Å². The highest BCUT2D eigenvalue weighted by molar-refractivity contribution is 5.88. The highest BCUT2D eigenvalue weighted by Crippen LogP contribution is 2.20. The van der Waals surface area contributed by atoms with E-state index in [9.17, 15) is 9.90 Å². The summed E-state index contributed by atoms with van der Waals surface area (Å²) in [7, 11) is 0. The second kappa shape index (κ2) is 6.07. The normalized spacial score (nSPS) is 15.8. The summed E-state index contributed by atoms with van der Waals surface area (Å²) >= 11 is 0. The number of piperidine rings is 1. The van der Waals surface area contributed by atoms with Crippen LogP contribution in [0.15, 0.2) is 30.9 Å². The van der Waals surface area contributed by atoms with Crippen LogP contribution in [0.25, 0.3) is 11.3 Å². The predicted molar refractivity (Wildman–Crippen MR) is 79.7 cm³/mol. The topological polar surface area (TPSA) is 99.4 Å². The molecular formula is C15H16N4O3. The standard InChI is InChI=1S/C15H16N4O3/c20-12-1-3-19(4-2-12)14-9-17-13(8-18-14)10-5-11(15(21)22)7-16-6-10/h5-9,12,20H,1-4H2,(H,21,22). The predicted octanol–water partition coefficient (Wildman–Crippen LogP) is 1.20. The summed E-state index contributed by atoms with van der Waals surface area (Å²) in [6.07, 6.45) is 7.37. The summed E-state index contributed by atoms with van der Waals surface area (Å²) in [5.74, 6) is -0.260. The van der Waals surface area contributed by atoms with Crippen molar-refractivity contribution >= 4 is 11.8 Å². The van der Waals surface area contributed by atoms with Crippen LogP contribution in [0.2, 0.25) is 0 Å². The largest absolute Gasteiger partial charge is 0.478 e. The van der Waals surface area contributed by atoms with E-state index in [2.05, 4.69) is 19.9 Å². The maximum Gasteiger partial charge on any atom is 0.337 e. The molecule has 2 aromatic rings. The van der Waals surface area contributed by atoms with Gasteiger partial charge in [-0.25, -0.2) is 9.78 Å². The molecule has 0 saturated carbocycles. The van der Waals surface area contributed by atoms with Gasteiger partial charge in [-0.15, -0.1) is 0 Å². The zero-order valence-corrected chi connectivity index (χ0v) is 11.9. The van der Waals surface area contributed by atoms with Crippen molar-refractivity contribution in [2.45, 2.75) is 18.9 Å². The van der Waals surface area contributed by atoms with Crippen molar-refractivity contribution in [3.8, 4) is 11.3 Å². The lowest BCUT2D eigenvalue weighted by atomic mass is 10.1. The van der Waals surface area contributed by atoms with Gasteiger partial charge in [0.05, 0.1) is 29.8 Å². The number of carboxylic acid groups (broad SMARTS) is 1. The van der Waals surface area contributed by atoms with Crippen LogP contribution in [0, 0.1) is 0 Å². The number of aliphatic hydroxyl groups is 1. The van der Waals surface area contributed by atoms with Gasteiger partial charge in [-0.05, 0) is 18.9 Å². The third-order valence-electron chi connectivity index (χ3n) is 3.71. The van der Waals surface area contributed by atoms with E-state index in [4.69, 9.17) is 5.11 Å². The Morgan fingerprint density at radius 1 is 1.14 bits per heavy atom. The Kier molecular flexibility index (Phi) is 3.97. The minimum Gasteiger partial charge on any atom is -0.478 e. The van der Waals surface area contributed by atoms with Gasteiger partial charge in [-0.1, -0.05) is 0 Å². The molecule has 1 aliphatic heterocycles. The number of hydrogen-bond acceptors (Lipinski definition) is 6. The smallest absolute Gasteiger partial charge is 0.337 e. The van der Waals surface area contributed by atoms with Gasteiger partial charge in [0.25, 0.3) is 0 Å². The number of carbonyl (C=O) groups is 1. The van der Waals surface area contributed by atoms with Crippen molar-refractivity contribution in [1.29, 1.82) is 0 Å². The molecule has 1 saturated heterocycles. The molecule has 114 valence electrons. The second-order valence-corrected chi connectivity index (χ2v) is 5.25. The maximum atomic E-state index is 11.0. The van der Waals surface area contributed by atoms with Gasteiger partial charge in [0.15, 0.2) is 0 Å². The fraction of sp³-hybridized carbons (Fsp3) is 0.333. The summed E-state index contributed by atoms with van der Waals surface area (Å²) < 4.78 is 0.